The summed E-state index contributed by atoms with van der Waals surface area (Å²) in [6.45, 7) is 6.74. The molecule has 2 aliphatic rings. The van der Waals surface area contributed by atoms with E-state index in [-0.39, 0.29) is 17.7 Å². The van der Waals surface area contributed by atoms with E-state index in [4.69, 9.17) is 0 Å². The zero-order chi connectivity index (χ0) is 13.0. The minimum absolute atomic E-state index is 0.132. The topological polar surface area (TPSA) is 52.7 Å². The highest BCUT2D eigenvalue weighted by Crippen LogP contribution is 2.17. The van der Waals surface area contributed by atoms with Crippen molar-refractivity contribution in [3.8, 4) is 0 Å². The largest absolute Gasteiger partial charge is 0.342 e. The summed E-state index contributed by atoms with van der Waals surface area (Å²) in [5.74, 6) is 0.532. The zero-order valence-corrected chi connectivity index (χ0v) is 11.2. The molecule has 2 saturated heterocycles. The van der Waals surface area contributed by atoms with E-state index in [1.165, 1.54) is 0 Å². The molecule has 102 valence electrons. The number of hydrogen-bond acceptors (Lipinski definition) is 3. The second kappa shape index (κ2) is 6.18. The van der Waals surface area contributed by atoms with Gasteiger partial charge in [0.15, 0.2) is 0 Å². The Bertz CT molecular complexity index is 313. The minimum Gasteiger partial charge on any atom is -0.342 e. The Balaban J connectivity index is 1.76. The maximum Gasteiger partial charge on any atom is 0.225 e. The summed E-state index contributed by atoms with van der Waals surface area (Å²) in [6, 6.07) is 0. The molecule has 1 N–H and O–H groups in total. The van der Waals surface area contributed by atoms with E-state index in [2.05, 4.69) is 5.32 Å². The fraction of sp³-hybridized carbons (Fsp3) is 0.846. The molecule has 0 aromatic rings. The van der Waals surface area contributed by atoms with Gasteiger partial charge in [-0.1, -0.05) is 6.92 Å². The first kappa shape index (κ1) is 13.3. The van der Waals surface area contributed by atoms with E-state index in [1.807, 2.05) is 16.7 Å². The van der Waals surface area contributed by atoms with Gasteiger partial charge in [0, 0.05) is 51.6 Å². The number of carbonyl (C=O) groups excluding carboxylic acids is 2. The zero-order valence-electron chi connectivity index (χ0n) is 11.2. The normalized spacial score (nSPS) is 25.4. The maximum absolute atomic E-state index is 12.0. The first-order valence-electron chi connectivity index (χ1n) is 6.96. The first-order valence-corrected chi connectivity index (χ1v) is 6.96. The van der Waals surface area contributed by atoms with Gasteiger partial charge in [-0.2, -0.15) is 0 Å². The number of likely N-dealkylation sites (tertiary alicyclic amines) is 1. The van der Waals surface area contributed by atoms with Crippen LogP contribution in [0.4, 0.5) is 0 Å². The summed E-state index contributed by atoms with van der Waals surface area (Å²) in [7, 11) is 0. The van der Waals surface area contributed by atoms with Crippen LogP contribution in [0.25, 0.3) is 0 Å². The van der Waals surface area contributed by atoms with Crippen LogP contribution in [0.1, 0.15) is 26.2 Å². The third-order valence-electron chi connectivity index (χ3n) is 3.86. The van der Waals surface area contributed by atoms with Crippen LogP contribution in [0.15, 0.2) is 0 Å². The van der Waals surface area contributed by atoms with E-state index in [9.17, 15) is 9.59 Å². The average molecular weight is 253 g/mol. The van der Waals surface area contributed by atoms with Crippen molar-refractivity contribution in [1.29, 1.82) is 0 Å². The van der Waals surface area contributed by atoms with E-state index in [0.717, 1.165) is 45.6 Å². The molecule has 1 unspecified atom stereocenters. The molecule has 2 amide bonds. The molecule has 2 aliphatic heterocycles. The van der Waals surface area contributed by atoms with Gasteiger partial charge in [-0.3, -0.25) is 9.59 Å². The van der Waals surface area contributed by atoms with Crippen molar-refractivity contribution in [2.75, 3.05) is 39.3 Å². The molecule has 2 rings (SSSR count). The van der Waals surface area contributed by atoms with E-state index < -0.39 is 0 Å². The number of nitrogens with one attached hydrogen (secondary N) is 1. The SMILES string of the molecule is CC1CCCN(CCC(=O)N2CCNCC2)C1=O. The Hall–Kier alpha value is -1.10. The average Bonchev–Trinajstić information content (AvgIpc) is 2.41. The quantitative estimate of drug-likeness (QED) is 0.774. The second-order valence-electron chi connectivity index (χ2n) is 5.25. The fourth-order valence-electron chi connectivity index (χ4n) is 2.66. The van der Waals surface area contributed by atoms with E-state index in [1.54, 1.807) is 0 Å². The number of carbonyl (C=O) groups is 2. The van der Waals surface area contributed by atoms with Gasteiger partial charge < -0.3 is 15.1 Å². The van der Waals surface area contributed by atoms with Gasteiger partial charge in [-0.25, -0.2) is 0 Å². The lowest BCUT2D eigenvalue weighted by Gasteiger charge is -2.32. The van der Waals surface area contributed by atoms with Crippen LogP contribution < -0.4 is 5.32 Å². The van der Waals surface area contributed by atoms with Crippen LogP contribution >= 0.6 is 0 Å². The molecule has 0 spiro atoms. The van der Waals surface area contributed by atoms with Gasteiger partial charge in [0.2, 0.25) is 11.8 Å². The summed E-state index contributed by atoms with van der Waals surface area (Å²) >= 11 is 0. The number of nitrogens with zero attached hydrogens (tertiary/aromatic N) is 2. The third-order valence-corrected chi connectivity index (χ3v) is 3.86. The Morgan fingerprint density at radius 3 is 2.78 bits per heavy atom. The summed E-state index contributed by atoms with van der Waals surface area (Å²) in [6.07, 6.45) is 2.52. The van der Waals surface area contributed by atoms with Gasteiger partial charge in [0.05, 0.1) is 0 Å². The van der Waals surface area contributed by atoms with Crippen molar-refractivity contribution in [1.82, 2.24) is 15.1 Å². The van der Waals surface area contributed by atoms with Crippen molar-refractivity contribution < 1.29 is 9.59 Å². The lowest BCUT2D eigenvalue weighted by atomic mass is 9.99. The molecule has 0 aromatic heterocycles. The van der Waals surface area contributed by atoms with Gasteiger partial charge in [0.25, 0.3) is 0 Å². The Morgan fingerprint density at radius 2 is 2.06 bits per heavy atom. The number of piperazine rings is 1. The molecule has 0 radical (unpaired) electrons. The number of rotatable bonds is 3. The highest BCUT2D eigenvalue weighted by molar-refractivity contribution is 5.81. The molecule has 2 heterocycles. The first-order chi connectivity index (χ1) is 8.68. The lowest BCUT2D eigenvalue weighted by molar-refractivity contribution is -0.139. The van der Waals surface area contributed by atoms with E-state index >= 15 is 0 Å². The van der Waals surface area contributed by atoms with Crippen molar-refractivity contribution >= 4 is 11.8 Å². The third kappa shape index (κ3) is 3.22. The van der Waals surface area contributed by atoms with Crippen molar-refractivity contribution in [3.05, 3.63) is 0 Å². The fourth-order valence-corrected chi connectivity index (χ4v) is 2.66. The summed E-state index contributed by atoms with van der Waals surface area (Å²) < 4.78 is 0. The molecule has 5 heteroatoms. The van der Waals surface area contributed by atoms with Crippen molar-refractivity contribution in [2.45, 2.75) is 26.2 Å². The predicted octanol–water partition coefficient (Wildman–Crippen LogP) is 0.0668. The van der Waals surface area contributed by atoms with Crippen molar-refractivity contribution in [3.63, 3.8) is 0 Å². The Labute approximate surface area is 108 Å². The van der Waals surface area contributed by atoms with E-state index in [0.29, 0.717) is 13.0 Å². The minimum atomic E-state index is 0.132. The van der Waals surface area contributed by atoms with Crippen LogP contribution in [0.2, 0.25) is 0 Å². The van der Waals surface area contributed by atoms with Crippen LogP contribution in [-0.4, -0.2) is 60.9 Å². The maximum atomic E-state index is 12.0. The van der Waals surface area contributed by atoms with Crippen LogP contribution in [0, 0.1) is 5.92 Å². The molecule has 0 aromatic carbocycles. The number of hydrogen-bond donors (Lipinski definition) is 1. The second-order valence-corrected chi connectivity index (χ2v) is 5.25. The van der Waals surface area contributed by atoms with Crippen LogP contribution in [0.3, 0.4) is 0 Å². The smallest absolute Gasteiger partial charge is 0.225 e. The molecular weight excluding hydrogens is 230 g/mol. The predicted molar refractivity (Wildman–Crippen MR) is 69.0 cm³/mol. The van der Waals surface area contributed by atoms with Crippen LogP contribution in [0.5, 0.6) is 0 Å². The highest BCUT2D eigenvalue weighted by atomic mass is 16.2. The Morgan fingerprint density at radius 1 is 1.33 bits per heavy atom. The van der Waals surface area contributed by atoms with Gasteiger partial charge in [-0.05, 0) is 12.8 Å². The monoisotopic (exact) mass is 253 g/mol. The van der Waals surface area contributed by atoms with Crippen molar-refractivity contribution in [2.24, 2.45) is 5.92 Å². The molecule has 5 nitrogen and oxygen atoms in total. The molecule has 0 aliphatic carbocycles. The van der Waals surface area contributed by atoms with Crippen LogP contribution in [-0.2, 0) is 9.59 Å². The molecule has 0 bridgehead atoms. The molecular formula is C13H23N3O2. The molecule has 0 saturated carbocycles. The Kier molecular flexibility index (Phi) is 4.58. The molecule has 18 heavy (non-hydrogen) atoms. The standard InChI is InChI=1S/C13H23N3O2/c1-11-3-2-7-16(13(11)18)8-4-12(17)15-9-5-14-6-10-15/h11,14H,2-10H2,1H3. The van der Waals surface area contributed by atoms with Gasteiger partial charge >= 0.3 is 0 Å². The highest BCUT2D eigenvalue weighted by Gasteiger charge is 2.26. The summed E-state index contributed by atoms with van der Waals surface area (Å²) in [4.78, 5) is 27.6. The van der Waals surface area contributed by atoms with Gasteiger partial charge in [0.1, 0.15) is 0 Å². The lowest BCUT2D eigenvalue weighted by Crippen LogP contribution is -2.48. The molecule has 1 atom stereocenters. The molecule has 2 fully saturated rings. The number of piperidine rings is 1. The summed E-state index contributed by atoms with van der Waals surface area (Å²) in [5.41, 5.74) is 0. The summed E-state index contributed by atoms with van der Waals surface area (Å²) in [5, 5.41) is 3.23. The van der Waals surface area contributed by atoms with Gasteiger partial charge in [-0.15, -0.1) is 0 Å². The number of amides is 2.